The zero-order valence-corrected chi connectivity index (χ0v) is 9.61. The predicted molar refractivity (Wildman–Crippen MR) is 61.7 cm³/mol. The monoisotopic (exact) mass is 205 g/mol. The van der Waals surface area contributed by atoms with Crippen molar-refractivity contribution in [3.63, 3.8) is 0 Å². The van der Waals surface area contributed by atoms with Gasteiger partial charge in [0, 0.05) is 22.0 Å². The summed E-state index contributed by atoms with van der Waals surface area (Å²) in [7, 11) is 0. The molecule has 0 atom stereocenters. The smallest absolute Gasteiger partial charge is 0.128 e. The van der Waals surface area contributed by atoms with Crippen molar-refractivity contribution in [3.8, 4) is 0 Å². The van der Waals surface area contributed by atoms with Gasteiger partial charge in [-0.25, -0.2) is 4.39 Å². The molecule has 0 radical (unpaired) electrons. The maximum atomic E-state index is 13.3. The molecule has 0 bridgehead atoms. The van der Waals surface area contributed by atoms with Crippen LogP contribution in [0.4, 0.5) is 4.39 Å². The molecule has 2 rings (SSSR count). The predicted octanol–water partition coefficient (Wildman–Crippen LogP) is 3.91. The lowest BCUT2D eigenvalue weighted by molar-refractivity contribution is 0.574. The fourth-order valence-electron chi connectivity index (χ4n) is 1.67. The normalized spacial score (nSPS) is 12.3. The molecule has 0 saturated carbocycles. The van der Waals surface area contributed by atoms with Crippen molar-refractivity contribution in [2.75, 3.05) is 0 Å². The van der Waals surface area contributed by atoms with Crippen molar-refractivity contribution in [2.45, 2.75) is 33.1 Å². The zero-order valence-electron chi connectivity index (χ0n) is 9.61. The molecule has 0 amide bonds. The minimum Gasteiger partial charge on any atom is -0.358 e. The standard InChI is InChI=1S/C13H16FN/c1-8-5-9-6-12(13(2,3)4)15-11(9)7-10(8)14/h5-7,15H,1-4H3. The van der Waals surface area contributed by atoms with E-state index in [0.717, 1.165) is 16.6 Å². The Labute approximate surface area is 89.3 Å². The van der Waals surface area contributed by atoms with Gasteiger partial charge >= 0.3 is 0 Å². The molecule has 0 unspecified atom stereocenters. The Balaban J connectivity index is 2.66. The van der Waals surface area contributed by atoms with E-state index in [1.54, 1.807) is 13.0 Å². The number of benzene rings is 1. The van der Waals surface area contributed by atoms with E-state index in [2.05, 4.69) is 31.8 Å². The van der Waals surface area contributed by atoms with Crippen molar-refractivity contribution >= 4 is 10.9 Å². The van der Waals surface area contributed by atoms with Gasteiger partial charge in [0.15, 0.2) is 0 Å². The summed E-state index contributed by atoms with van der Waals surface area (Å²) >= 11 is 0. The van der Waals surface area contributed by atoms with Crippen molar-refractivity contribution in [1.82, 2.24) is 4.98 Å². The highest BCUT2D eigenvalue weighted by Crippen LogP contribution is 2.27. The summed E-state index contributed by atoms with van der Waals surface area (Å²) in [6, 6.07) is 5.55. The molecule has 0 spiro atoms. The molecule has 2 aromatic rings. The van der Waals surface area contributed by atoms with Gasteiger partial charge in [0.05, 0.1) is 0 Å². The van der Waals surface area contributed by atoms with Crippen LogP contribution in [0.3, 0.4) is 0 Å². The highest BCUT2D eigenvalue weighted by Gasteiger charge is 2.16. The molecule has 1 heterocycles. The number of aromatic nitrogens is 1. The molecule has 1 nitrogen and oxygen atoms in total. The van der Waals surface area contributed by atoms with Gasteiger partial charge in [0.1, 0.15) is 5.82 Å². The Morgan fingerprint density at radius 3 is 2.40 bits per heavy atom. The largest absolute Gasteiger partial charge is 0.358 e. The molecule has 1 N–H and O–H groups in total. The molecule has 1 aromatic carbocycles. The quantitative estimate of drug-likeness (QED) is 0.671. The second-order valence-corrected chi connectivity index (χ2v) is 5.12. The van der Waals surface area contributed by atoms with Crippen LogP contribution >= 0.6 is 0 Å². The van der Waals surface area contributed by atoms with Crippen LogP contribution in [-0.4, -0.2) is 4.98 Å². The van der Waals surface area contributed by atoms with E-state index in [1.807, 2.05) is 6.07 Å². The lowest BCUT2D eigenvalue weighted by Gasteiger charge is -2.15. The van der Waals surface area contributed by atoms with Gasteiger partial charge in [-0.2, -0.15) is 0 Å². The van der Waals surface area contributed by atoms with Gasteiger partial charge in [0.25, 0.3) is 0 Å². The summed E-state index contributed by atoms with van der Waals surface area (Å²) in [4.78, 5) is 3.26. The summed E-state index contributed by atoms with van der Waals surface area (Å²) in [5.41, 5.74) is 2.79. The SMILES string of the molecule is Cc1cc2cc(C(C)(C)C)[nH]c2cc1F. The first-order valence-electron chi connectivity index (χ1n) is 5.17. The summed E-state index contributed by atoms with van der Waals surface area (Å²) in [6.45, 7) is 8.21. The number of H-pyrrole nitrogens is 1. The first-order valence-corrected chi connectivity index (χ1v) is 5.17. The number of rotatable bonds is 0. The Kier molecular flexibility index (Phi) is 2.10. The summed E-state index contributed by atoms with van der Waals surface area (Å²) in [5, 5.41) is 1.08. The second-order valence-electron chi connectivity index (χ2n) is 5.12. The van der Waals surface area contributed by atoms with E-state index in [4.69, 9.17) is 0 Å². The van der Waals surface area contributed by atoms with Crippen LogP contribution in [0, 0.1) is 12.7 Å². The molecule has 2 heteroatoms. The van der Waals surface area contributed by atoms with Gasteiger partial charge in [-0.1, -0.05) is 20.8 Å². The fraction of sp³-hybridized carbons (Fsp3) is 0.385. The van der Waals surface area contributed by atoms with Crippen LogP contribution in [0.25, 0.3) is 10.9 Å². The van der Waals surface area contributed by atoms with E-state index in [-0.39, 0.29) is 11.2 Å². The first kappa shape index (κ1) is 10.2. The van der Waals surface area contributed by atoms with Gasteiger partial charge < -0.3 is 4.98 Å². The van der Waals surface area contributed by atoms with Crippen LogP contribution in [0.2, 0.25) is 0 Å². The van der Waals surface area contributed by atoms with Crippen LogP contribution in [0.5, 0.6) is 0 Å². The Morgan fingerprint density at radius 1 is 1.13 bits per heavy atom. The zero-order chi connectivity index (χ0) is 11.2. The lowest BCUT2D eigenvalue weighted by Crippen LogP contribution is -2.10. The van der Waals surface area contributed by atoms with Crippen molar-refractivity contribution < 1.29 is 4.39 Å². The third-order valence-electron chi connectivity index (χ3n) is 2.71. The number of halogens is 1. The Bertz CT molecular complexity index is 464. The van der Waals surface area contributed by atoms with E-state index in [9.17, 15) is 4.39 Å². The highest BCUT2D eigenvalue weighted by molar-refractivity contribution is 5.81. The maximum Gasteiger partial charge on any atom is 0.128 e. The van der Waals surface area contributed by atoms with E-state index < -0.39 is 0 Å². The molecule has 0 aliphatic rings. The van der Waals surface area contributed by atoms with Crippen molar-refractivity contribution in [1.29, 1.82) is 0 Å². The third-order valence-corrected chi connectivity index (χ3v) is 2.71. The lowest BCUT2D eigenvalue weighted by atomic mass is 9.92. The number of aryl methyl sites for hydroxylation is 1. The van der Waals surface area contributed by atoms with Gasteiger partial charge in [-0.3, -0.25) is 0 Å². The first-order chi connectivity index (χ1) is 6.88. The van der Waals surface area contributed by atoms with Crippen LogP contribution < -0.4 is 0 Å². The van der Waals surface area contributed by atoms with Crippen molar-refractivity contribution in [3.05, 3.63) is 35.3 Å². The summed E-state index contributed by atoms with van der Waals surface area (Å²) < 4.78 is 13.3. The third kappa shape index (κ3) is 1.76. The molecule has 0 aliphatic heterocycles. The van der Waals surface area contributed by atoms with Crippen LogP contribution in [0.15, 0.2) is 18.2 Å². The molecule has 0 fully saturated rings. The molecule has 80 valence electrons. The average molecular weight is 205 g/mol. The number of hydrogen-bond donors (Lipinski definition) is 1. The number of nitrogens with one attached hydrogen (secondary N) is 1. The maximum absolute atomic E-state index is 13.3. The molecule has 0 saturated heterocycles. The average Bonchev–Trinajstić information content (AvgIpc) is 2.47. The van der Waals surface area contributed by atoms with E-state index in [0.29, 0.717) is 5.56 Å². The van der Waals surface area contributed by atoms with Crippen molar-refractivity contribution in [2.24, 2.45) is 0 Å². The van der Waals surface area contributed by atoms with Crippen LogP contribution in [0.1, 0.15) is 32.0 Å². The molecule has 0 aliphatic carbocycles. The second kappa shape index (κ2) is 3.09. The minimum absolute atomic E-state index is 0.0728. The van der Waals surface area contributed by atoms with Gasteiger partial charge in [-0.05, 0) is 30.7 Å². The van der Waals surface area contributed by atoms with E-state index in [1.165, 1.54) is 0 Å². The molecular weight excluding hydrogens is 189 g/mol. The molecule has 15 heavy (non-hydrogen) atoms. The van der Waals surface area contributed by atoms with Gasteiger partial charge in [0.2, 0.25) is 0 Å². The topological polar surface area (TPSA) is 15.8 Å². The van der Waals surface area contributed by atoms with Gasteiger partial charge in [-0.15, -0.1) is 0 Å². The Morgan fingerprint density at radius 2 is 1.80 bits per heavy atom. The molecular formula is C13H16FN. The number of fused-ring (bicyclic) bond motifs is 1. The number of hydrogen-bond acceptors (Lipinski definition) is 0. The minimum atomic E-state index is -0.148. The Hall–Kier alpha value is -1.31. The summed E-state index contributed by atoms with van der Waals surface area (Å²) in [6.07, 6.45) is 0. The fourth-order valence-corrected chi connectivity index (χ4v) is 1.67. The molecule has 1 aromatic heterocycles. The highest BCUT2D eigenvalue weighted by atomic mass is 19.1. The van der Waals surface area contributed by atoms with Crippen LogP contribution in [-0.2, 0) is 5.41 Å². The summed E-state index contributed by atoms with van der Waals surface area (Å²) in [5.74, 6) is -0.148. The number of aromatic amines is 1. The van der Waals surface area contributed by atoms with E-state index >= 15 is 0 Å².